The highest BCUT2D eigenvalue weighted by molar-refractivity contribution is 5.88. The second kappa shape index (κ2) is 9.53. The van der Waals surface area contributed by atoms with E-state index in [9.17, 15) is 9.90 Å². The van der Waals surface area contributed by atoms with Crippen LogP contribution >= 0.6 is 0 Å². The summed E-state index contributed by atoms with van der Waals surface area (Å²) in [5.41, 5.74) is 0.737. The molecule has 1 aromatic rings. The maximum Gasteiger partial charge on any atom is 0.221 e. The van der Waals surface area contributed by atoms with Crippen LogP contribution < -0.4 is 15.4 Å². The molecule has 1 amide bonds. The Hall–Kier alpha value is -1.59. The first-order valence-corrected chi connectivity index (χ1v) is 8.55. The highest BCUT2D eigenvalue weighted by atomic mass is 16.5. The summed E-state index contributed by atoms with van der Waals surface area (Å²) in [6.07, 6.45) is 7.12. The molecule has 0 radical (unpaired) electrons. The average Bonchev–Trinajstić information content (AvgIpc) is 2.80. The largest absolute Gasteiger partial charge is 0.491 e. The number of nitrogens with one attached hydrogen (secondary N) is 2. The van der Waals surface area contributed by atoms with E-state index in [2.05, 4.69) is 10.6 Å². The Balaban J connectivity index is 1.67. The Kier molecular flexibility index (Phi) is 7.36. The molecule has 1 fully saturated rings. The van der Waals surface area contributed by atoms with Crippen LogP contribution in [0.15, 0.2) is 24.3 Å². The van der Waals surface area contributed by atoms with Crippen molar-refractivity contribution in [3.8, 4) is 5.75 Å². The Morgan fingerprint density at radius 3 is 2.48 bits per heavy atom. The van der Waals surface area contributed by atoms with Crippen molar-refractivity contribution in [2.75, 3.05) is 18.5 Å². The van der Waals surface area contributed by atoms with Gasteiger partial charge in [-0.15, -0.1) is 0 Å². The van der Waals surface area contributed by atoms with E-state index in [0.717, 1.165) is 5.69 Å². The molecule has 1 saturated carbocycles. The van der Waals surface area contributed by atoms with Gasteiger partial charge >= 0.3 is 0 Å². The molecule has 3 N–H and O–H groups in total. The number of ether oxygens (including phenoxy) is 1. The molecule has 0 saturated heterocycles. The maximum atomic E-state index is 11.0. The summed E-state index contributed by atoms with van der Waals surface area (Å²) in [6, 6.07) is 7.68. The molecule has 0 bridgehead atoms. The highest BCUT2D eigenvalue weighted by Gasteiger charge is 2.13. The molecule has 1 aromatic carbocycles. The van der Waals surface area contributed by atoms with Crippen molar-refractivity contribution in [2.24, 2.45) is 0 Å². The molecule has 1 aliphatic carbocycles. The van der Waals surface area contributed by atoms with Gasteiger partial charge in [0.05, 0.1) is 0 Å². The van der Waals surface area contributed by atoms with Gasteiger partial charge in [0.15, 0.2) is 0 Å². The van der Waals surface area contributed by atoms with Gasteiger partial charge in [-0.25, -0.2) is 0 Å². The summed E-state index contributed by atoms with van der Waals surface area (Å²) < 4.78 is 5.59. The first-order valence-electron chi connectivity index (χ1n) is 8.55. The lowest BCUT2D eigenvalue weighted by molar-refractivity contribution is -0.114. The number of aliphatic hydroxyl groups excluding tert-OH is 1. The third kappa shape index (κ3) is 7.01. The molecule has 0 aromatic heterocycles. The molecule has 23 heavy (non-hydrogen) atoms. The summed E-state index contributed by atoms with van der Waals surface area (Å²) in [6.45, 7) is 2.30. The third-order valence-electron chi connectivity index (χ3n) is 4.11. The van der Waals surface area contributed by atoms with Crippen molar-refractivity contribution < 1.29 is 14.6 Å². The second-order valence-electron chi connectivity index (χ2n) is 6.27. The predicted molar refractivity (Wildman–Crippen MR) is 91.7 cm³/mol. The molecule has 5 heteroatoms. The van der Waals surface area contributed by atoms with Crippen LogP contribution in [-0.2, 0) is 4.79 Å². The van der Waals surface area contributed by atoms with Crippen LogP contribution in [0.1, 0.15) is 45.4 Å². The van der Waals surface area contributed by atoms with Gasteiger partial charge < -0.3 is 20.5 Å². The summed E-state index contributed by atoms with van der Waals surface area (Å²) in [5, 5.41) is 16.2. The van der Waals surface area contributed by atoms with Gasteiger partial charge in [-0.05, 0) is 37.1 Å². The summed E-state index contributed by atoms with van der Waals surface area (Å²) in [5.74, 6) is 0.589. The van der Waals surface area contributed by atoms with E-state index in [4.69, 9.17) is 4.74 Å². The van der Waals surface area contributed by atoms with Crippen molar-refractivity contribution in [3.63, 3.8) is 0 Å². The van der Waals surface area contributed by atoms with Crippen LogP contribution in [-0.4, -0.2) is 36.3 Å². The number of carbonyl (C=O) groups excluding carboxylic acids is 1. The lowest BCUT2D eigenvalue weighted by Crippen LogP contribution is -2.37. The zero-order valence-electron chi connectivity index (χ0n) is 13.9. The fourth-order valence-corrected chi connectivity index (χ4v) is 2.88. The first-order chi connectivity index (χ1) is 11.1. The molecule has 128 valence electrons. The van der Waals surface area contributed by atoms with Gasteiger partial charge in [-0.1, -0.05) is 25.7 Å². The van der Waals surface area contributed by atoms with E-state index in [-0.39, 0.29) is 12.5 Å². The Morgan fingerprint density at radius 2 is 1.87 bits per heavy atom. The number of carbonyl (C=O) groups is 1. The lowest BCUT2D eigenvalue weighted by atomic mass is 10.1. The number of hydrogen-bond acceptors (Lipinski definition) is 4. The van der Waals surface area contributed by atoms with E-state index in [1.54, 1.807) is 24.3 Å². The van der Waals surface area contributed by atoms with Gasteiger partial charge in [0.25, 0.3) is 0 Å². The van der Waals surface area contributed by atoms with E-state index in [0.29, 0.717) is 18.3 Å². The van der Waals surface area contributed by atoms with Gasteiger partial charge in [-0.3, -0.25) is 4.79 Å². The van der Waals surface area contributed by atoms with Crippen LogP contribution in [0.25, 0.3) is 0 Å². The Bertz CT molecular complexity index is 468. The van der Waals surface area contributed by atoms with Gasteiger partial charge in [0.1, 0.15) is 18.5 Å². The average molecular weight is 320 g/mol. The van der Waals surface area contributed by atoms with Gasteiger partial charge in [0.2, 0.25) is 5.91 Å². The zero-order chi connectivity index (χ0) is 16.5. The molecule has 1 atom stereocenters. The van der Waals surface area contributed by atoms with Crippen LogP contribution in [0, 0.1) is 0 Å². The highest BCUT2D eigenvalue weighted by Crippen LogP contribution is 2.18. The number of amides is 1. The Labute approximate surface area is 138 Å². The molecule has 5 nitrogen and oxygen atoms in total. The van der Waals surface area contributed by atoms with Crippen molar-refractivity contribution in [3.05, 3.63) is 24.3 Å². The molecular weight excluding hydrogens is 292 g/mol. The SMILES string of the molecule is CC(=O)Nc1ccc(OC[C@H](O)CNC2CCCCCC2)cc1. The van der Waals surface area contributed by atoms with Gasteiger partial charge in [-0.2, -0.15) is 0 Å². The molecule has 0 heterocycles. The standard InChI is InChI=1S/C18H28N2O3/c1-14(21)20-16-8-10-18(11-9-16)23-13-17(22)12-19-15-6-4-2-3-5-7-15/h8-11,15,17,19,22H,2-7,12-13H2,1H3,(H,20,21)/t17-/m1/s1. The van der Waals surface area contributed by atoms with E-state index < -0.39 is 6.10 Å². The fourth-order valence-electron chi connectivity index (χ4n) is 2.88. The maximum absolute atomic E-state index is 11.0. The topological polar surface area (TPSA) is 70.6 Å². The molecule has 0 aliphatic heterocycles. The van der Waals surface area contributed by atoms with E-state index in [1.807, 2.05) is 0 Å². The molecular formula is C18H28N2O3. The quantitative estimate of drug-likeness (QED) is 0.676. The molecule has 0 unspecified atom stereocenters. The summed E-state index contributed by atoms with van der Waals surface area (Å²) in [7, 11) is 0. The molecule has 2 rings (SSSR count). The minimum absolute atomic E-state index is 0.0984. The summed E-state index contributed by atoms with van der Waals surface area (Å²) >= 11 is 0. The van der Waals surface area contributed by atoms with E-state index >= 15 is 0 Å². The molecule has 1 aliphatic rings. The second-order valence-corrected chi connectivity index (χ2v) is 6.27. The van der Waals surface area contributed by atoms with Crippen LogP contribution in [0.2, 0.25) is 0 Å². The molecule has 0 spiro atoms. The van der Waals surface area contributed by atoms with Crippen LogP contribution in [0.3, 0.4) is 0 Å². The smallest absolute Gasteiger partial charge is 0.221 e. The fraction of sp³-hybridized carbons (Fsp3) is 0.611. The van der Waals surface area contributed by atoms with Crippen LogP contribution in [0.5, 0.6) is 5.75 Å². The number of rotatable bonds is 7. The monoisotopic (exact) mass is 320 g/mol. The predicted octanol–water partition coefficient (Wildman–Crippen LogP) is 2.70. The minimum Gasteiger partial charge on any atom is -0.491 e. The number of aliphatic hydroxyl groups is 1. The number of anilines is 1. The lowest BCUT2D eigenvalue weighted by Gasteiger charge is -2.19. The first kappa shape index (κ1) is 17.8. The van der Waals surface area contributed by atoms with Crippen LogP contribution in [0.4, 0.5) is 5.69 Å². The van der Waals surface area contributed by atoms with Gasteiger partial charge in [0, 0.05) is 25.2 Å². The zero-order valence-corrected chi connectivity index (χ0v) is 13.9. The van der Waals surface area contributed by atoms with Crippen molar-refractivity contribution >= 4 is 11.6 Å². The Morgan fingerprint density at radius 1 is 1.22 bits per heavy atom. The normalized spacial score (nSPS) is 17.3. The van der Waals surface area contributed by atoms with Crippen molar-refractivity contribution in [1.29, 1.82) is 0 Å². The number of benzene rings is 1. The number of hydrogen-bond donors (Lipinski definition) is 3. The van der Waals surface area contributed by atoms with Crippen molar-refractivity contribution in [2.45, 2.75) is 57.6 Å². The summed E-state index contributed by atoms with van der Waals surface area (Å²) in [4.78, 5) is 11.0. The minimum atomic E-state index is -0.520. The van der Waals surface area contributed by atoms with E-state index in [1.165, 1.54) is 45.4 Å². The van der Waals surface area contributed by atoms with Crippen molar-refractivity contribution in [1.82, 2.24) is 5.32 Å². The third-order valence-corrected chi connectivity index (χ3v) is 4.11.